The maximum atomic E-state index is 12.6. The second-order valence-corrected chi connectivity index (χ2v) is 6.50. The van der Waals surface area contributed by atoms with E-state index in [0.29, 0.717) is 18.0 Å². The Morgan fingerprint density at radius 2 is 1.65 bits per heavy atom. The minimum Gasteiger partial charge on any atom is -0.478 e. The molecular weight excluding hydrogens is 356 g/mol. The van der Waals surface area contributed by atoms with Crippen molar-refractivity contribution < 1.29 is 24.3 Å². The highest BCUT2D eigenvalue weighted by Gasteiger charge is 2.30. The number of anilines is 1. The third-order valence-corrected chi connectivity index (χ3v) is 4.65. The van der Waals surface area contributed by atoms with Crippen molar-refractivity contribution in [3.8, 4) is 0 Å². The lowest BCUT2D eigenvalue weighted by Gasteiger charge is -2.15. The van der Waals surface area contributed by atoms with Crippen molar-refractivity contribution in [2.75, 3.05) is 17.6 Å². The van der Waals surface area contributed by atoms with Crippen molar-refractivity contribution in [1.82, 2.24) is 4.90 Å². The first-order valence-electron chi connectivity index (χ1n) is 7.70. The molecule has 0 saturated carbocycles. The number of nitrogens with one attached hydrogen (secondary N) is 1. The van der Waals surface area contributed by atoms with Crippen molar-refractivity contribution in [2.45, 2.75) is 0 Å². The monoisotopic (exact) mass is 370 g/mol. The van der Waals surface area contributed by atoms with E-state index in [2.05, 4.69) is 5.32 Å². The zero-order chi connectivity index (χ0) is 18.7. The Morgan fingerprint density at radius 1 is 1.00 bits per heavy atom. The molecule has 0 bridgehead atoms. The lowest BCUT2D eigenvalue weighted by molar-refractivity contribution is 0.0696. The number of hydrogen-bond donors (Lipinski definition) is 2. The number of carbonyl (C=O) groups excluding carboxylic acids is 3. The number of benzene rings is 2. The Kier molecular flexibility index (Phi) is 5.04. The molecule has 3 rings (SSSR count). The van der Waals surface area contributed by atoms with Gasteiger partial charge in [-0.2, -0.15) is 0 Å². The zero-order valence-corrected chi connectivity index (χ0v) is 14.3. The summed E-state index contributed by atoms with van der Waals surface area (Å²) in [4.78, 5) is 48.9. The molecular formula is C18H14N2O5S. The van der Waals surface area contributed by atoms with Crippen molar-refractivity contribution in [3.63, 3.8) is 0 Å². The molecule has 132 valence electrons. The predicted molar refractivity (Wildman–Crippen MR) is 96.7 cm³/mol. The van der Waals surface area contributed by atoms with Gasteiger partial charge in [0, 0.05) is 18.0 Å². The van der Waals surface area contributed by atoms with Gasteiger partial charge in [0.15, 0.2) is 0 Å². The molecule has 0 unspecified atom stereocenters. The largest absolute Gasteiger partial charge is 0.478 e. The number of hydrogen-bond acceptors (Lipinski definition) is 5. The van der Waals surface area contributed by atoms with Crippen molar-refractivity contribution in [1.29, 1.82) is 0 Å². The predicted octanol–water partition coefficient (Wildman–Crippen LogP) is 2.95. The molecule has 2 aromatic carbocycles. The first kappa shape index (κ1) is 17.7. The molecule has 3 amide bonds. The number of rotatable bonds is 4. The molecule has 7 nitrogen and oxygen atoms in total. The fourth-order valence-corrected chi connectivity index (χ4v) is 3.26. The van der Waals surface area contributed by atoms with E-state index in [9.17, 15) is 19.2 Å². The summed E-state index contributed by atoms with van der Waals surface area (Å²) >= 11 is 1.07. The zero-order valence-electron chi connectivity index (χ0n) is 13.5. The third-order valence-electron chi connectivity index (χ3n) is 3.80. The van der Waals surface area contributed by atoms with E-state index in [4.69, 9.17) is 5.11 Å². The van der Waals surface area contributed by atoms with Crippen LogP contribution in [0.15, 0.2) is 48.5 Å². The van der Waals surface area contributed by atoms with Crippen LogP contribution < -0.4 is 5.32 Å². The van der Waals surface area contributed by atoms with Gasteiger partial charge in [0.1, 0.15) is 0 Å². The van der Waals surface area contributed by atoms with Crippen LogP contribution in [0.1, 0.15) is 31.1 Å². The summed E-state index contributed by atoms with van der Waals surface area (Å²) < 4.78 is 0. The summed E-state index contributed by atoms with van der Waals surface area (Å²) in [5, 5.41) is 11.2. The standard InChI is InChI=1S/C18H14N2O5S/c21-15(19-12-7-5-11(6-8-12)17(23)24)13-3-1-2-4-14(13)16(22)20-9-10-26-18(20)25/h1-8H,9-10H2,(H,19,21)(H,23,24). The lowest BCUT2D eigenvalue weighted by atomic mass is 10.1. The van der Waals surface area contributed by atoms with Gasteiger partial charge in [0.2, 0.25) is 0 Å². The molecule has 1 saturated heterocycles. The van der Waals surface area contributed by atoms with E-state index in [-0.39, 0.29) is 21.9 Å². The van der Waals surface area contributed by atoms with E-state index >= 15 is 0 Å². The fourth-order valence-electron chi connectivity index (χ4n) is 2.49. The molecule has 26 heavy (non-hydrogen) atoms. The topological polar surface area (TPSA) is 104 Å². The van der Waals surface area contributed by atoms with Crippen molar-refractivity contribution in [2.24, 2.45) is 0 Å². The highest BCUT2D eigenvalue weighted by atomic mass is 32.2. The smallest absolute Gasteiger partial charge is 0.335 e. The molecule has 1 fully saturated rings. The van der Waals surface area contributed by atoms with Gasteiger partial charge in [-0.1, -0.05) is 23.9 Å². The van der Waals surface area contributed by atoms with Crippen LogP contribution in [-0.4, -0.2) is 45.3 Å². The number of imide groups is 1. The van der Waals surface area contributed by atoms with Gasteiger partial charge in [-0.05, 0) is 36.4 Å². The van der Waals surface area contributed by atoms with Gasteiger partial charge in [-0.15, -0.1) is 0 Å². The maximum absolute atomic E-state index is 12.6. The maximum Gasteiger partial charge on any atom is 0.335 e. The van der Waals surface area contributed by atoms with Gasteiger partial charge in [-0.25, -0.2) is 4.79 Å². The van der Waals surface area contributed by atoms with Crippen LogP contribution in [0.2, 0.25) is 0 Å². The third kappa shape index (κ3) is 3.60. The van der Waals surface area contributed by atoms with Gasteiger partial charge in [-0.3, -0.25) is 19.3 Å². The molecule has 2 N–H and O–H groups in total. The van der Waals surface area contributed by atoms with Gasteiger partial charge in [0.25, 0.3) is 17.1 Å². The Labute approximate surface area is 153 Å². The van der Waals surface area contributed by atoms with E-state index in [1.54, 1.807) is 12.1 Å². The summed E-state index contributed by atoms with van der Waals surface area (Å²) in [5.41, 5.74) is 0.784. The number of amides is 3. The first-order chi connectivity index (χ1) is 12.5. The van der Waals surface area contributed by atoms with Crippen LogP contribution in [0.5, 0.6) is 0 Å². The van der Waals surface area contributed by atoms with Crippen molar-refractivity contribution in [3.05, 3.63) is 65.2 Å². The molecule has 0 radical (unpaired) electrons. The van der Waals surface area contributed by atoms with E-state index in [0.717, 1.165) is 16.7 Å². The fraction of sp³-hybridized carbons (Fsp3) is 0.111. The number of nitrogens with zero attached hydrogens (tertiary/aromatic N) is 1. The molecule has 2 aromatic rings. The molecule has 0 atom stereocenters. The molecule has 0 spiro atoms. The second kappa shape index (κ2) is 7.40. The molecule has 8 heteroatoms. The minimum absolute atomic E-state index is 0.101. The Bertz CT molecular complexity index is 895. The van der Waals surface area contributed by atoms with Gasteiger partial charge < -0.3 is 10.4 Å². The highest BCUT2D eigenvalue weighted by molar-refractivity contribution is 8.13. The number of carboxylic acids is 1. The highest BCUT2D eigenvalue weighted by Crippen LogP contribution is 2.22. The summed E-state index contributed by atoms with van der Waals surface area (Å²) in [6.07, 6.45) is 0. The van der Waals surface area contributed by atoms with E-state index < -0.39 is 17.8 Å². The van der Waals surface area contributed by atoms with Crippen LogP contribution >= 0.6 is 11.8 Å². The summed E-state index contributed by atoms with van der Waals surface area (Å²) in [6, 6.07) is 11.9. The quantitative estimate of drug-likeness (QED) is 0.858. The molecule has 1 heterocycles. The number of carbonyl (C=O) groups is 4. The molecule has 1 aliphatic rings. The van der Waals surface area contributed by atoms with Crippen LogP contribution in [0.3, 0.4) is 0 Å². The van der Waals surface area contributed by atoms with E-state index in [1.807, 2.05) is 0 Å². The lowest BCUT2D eigenvalue weighted by Crippen LogP contribution is -2.32. The van der Waals surface area contributed by atoms with Crippen LogP contribution in [0, 0.1) is 0 Å². The van der Waals surface area contributed by atoms with Gasteiger partial charge >= 0.3 is 5.97 Å². The second-order valence-electron chi connectivity index (χ2n) is 5.45. The van der Waals surface area contributed by atoms with Crippen LogP contribution in [0.4, 0.5) is 10.5 Å². The van der Waals surface area contributed by atoms with Gasteiger partial charge in [0.05, 0.1) is 16.7 Å². The summed E-state index contributed by atoms with van der Waals surface area (Å²) in [7, 11) is 0. The number of aromatic carboxylic acids is 1. The average Bonchev–Trinajstić information content (AvgIpc) is 3.07. The van der Waals surface area contributed by atoms with Crippen molar-refractivity contribution >= 4 is 40.5 Å². The first-order valence-corrected chi connectivity index (χ1v) is 8.68. The Hall–Kier alpha value is -3.13. The summed E-state index contributed by atoms with van der Waals surface area (Å²) in [5.74, 6) is -1.55. The normalized spacial score (nSPS) is 13.5. The number of carboxylic acid groups (broad SMARTS) is 1. The van der Waals surface area contributed by atoms with E-state index in [1.165, 1.54) is 36.4 Å². The summed E-state index contributed by atoms with van der Waals surface area (Å²) in [6.45, 7) is 0.314. The molecule has 0 aromatic heterocycles. The SMILES string of the molecule is O=C(O)c1ccc(NC(=O)c2ccccc2C(=O)N2CCSC2=O)cc1. The minimum atomic E-state index is -1.06. The molecule has 1 aliphatic heterocycles. The van der Waals surface area contributed by atoms with Crippen LogP contribution in [0.25, 0.3) is 0 Å². The van der Waals surface area contributed by atoms with Crippen LogP contribution in [-0.2, 0) is 0 Å². The molecule has 0 aliphatic carbocycles. The average molecular weight is 370 g/mol. The number of thioether (sulfide) groups is 1. The Balaban J connectivity index is 1.82. The Morgan fingerprint density at radius 3 is 2.23 bits per heavy atom.